The fourth-order valence-corrected chi connectivity index (χ4v) is 2.25. The van der Waals surface area contributed by atoms with E-state index in [0.717, 1.165) is 11.6 Å². The van der Waals surface area contributed by atoms with Gasteiger partial charge in [0.1, 0.15) is 0 Å². The van der Waals surface area contributed by atoms with Gasteiger partial charge in [-0.15, -0.1) is 11.3 Å². The minimum absolute atomic E-state index is 0.512. The van der Waals surface area contributed by atoms with Gasteiger partial charge in [-0.2, -0.15) is 0 Å². The molecule has 1 aromatic heterocycles. The lowest BCUT2D eigenvalue weighted by Gasteiger charge is -2.07. The highest BCUT2D eigenvalue weighted by Gasteiger charge is 2.15. The summed E-state index contributed by atoms with van der Waals surface area (Å²) in [6.45, 7) is 4.98. The molecule has 4 heteroatoms. The lowest BCUT2D eigenvalue weighted by molar-refractivity contribution is 0.703. The van der Waals surface area contributed by atoms with Crippen LogP contribution < -0.4 is 10.6 Å². The Morgan fingerprint density at radius 2 is 2.14 bits per heavy atom. The van der Waals surface area contributed by atoms with Gasteiger partial charge in [0.2, 0.25) is 0 Å². The highest BCUT2D eigenvalue weighted by molar-refractivity contribution is 7.15. The summed E-state index contributed by atoms with van der Waals surface area (Å²) in [4.78, 5) is 7.88. The van der Waals surface area contributed by atoms with Crippen LogP contribution in [0.3, 0.4) is 0 Å². The van der Waals surface area contributed by atoms with Crippen LogP contribution in [0.25, 0.3) is 0 Å². The summed E-state index contributed by atoms with van der Waals surface area (Å²) in [5.41, 5.74) is 6.89. The van der Waals surface area contributed by atoms with Gasteiger partial charge in [-0.05, 0) is 12.3 Å². The number of aromatic nitrogens is 1. The van der Waals surface area contributed by atoms with E-state index in [2.05, 4.69) is 18.8 Å². The number of anilines is 1. The van der Waals surface area contributed by atoms with Gasteiger partial charge in [-0.1, -0.05) is 13.8 Å². The van der Waals surface area contributed by atoms with Crippen molar-refractivity contribution in [1.82, 2.24) is 4.98 Å². The van der Waals surface area contributed by atoms with Crippen LogP contribution in [0.2, 0.25) is 0 Å². The van der Waals surface area contributed by atoms with Gasteiger partial charge < -0.3 is 10.6 Å². The van der Waals surface area contributed by atoms with E-state index in [0.29, 0.717) is 12.5 Å². The highest BCUT2D eigenvalue weighted by Crippen LogP contribution is 2.30. The third-order valence-corrected chi connectivity index (χ3v) is 3.62. The Morgan fingerprint density at radius 1 is 1.50 bits per heavy atom. The second-order valence-electron chi connectivity index (χ2n) is 3.71. The largest absolute Gasteiger partial charge is 0.354 e. The van der Waals surface area contributed by atoms with Crippen LogP contribution >= 0.6 is 11.3 Å². The maximum absolute atomic E-state index is 5.71. The van der Waals surface area contributed by atoms with Crippen LogP contribution in [0.15, 0.2) is 0 Å². The molecule has 14 heavy (non-hydrogen) atoms. The zero-order valence-corrected chi connectivity index (χ0v) is 10.2. The second kappa shape index (κ2) is 4.75. The number of hydrogen-bond donors (Lipinski definition) is 1. The third kappa shape index (κ3) is 2.25. The maximum Gasteiger partial charge on any atom is 0.185 e. The Labute approximate surface area is 89.9 Å². The molecular formula is C10H19N3S. The average Bonchev–Trinajstić information content (AvgIpc) is 2.60. The third-order valence-electron chi connectivity index (χ3n) is 2.36. The van der Waals surface area contributed by atoms with Gasteiger partial charge in [0, 0.05) is 25.5 Å². The smallest absolute Gasteiger partial charge is 0.185 e. The molecule has 1 heterocycles. The molecule has 1 atom stereocenters. The molecule has 0 aliphatic heterocycles. The first-order chi connectivity index (χ1) is 6.60. The van der Waals surface area contributed by atoms with Crippen molar-refractivity contribution in [3.63, 3.8) is 0 Å². The first-order valence-electron chi connectivity index (χ1n) is 4.97. The first kappa shape index (κ1) is 11.5. The number of nitrogens with zero attached hydrogens (tertiary/aromatic N) is 2. The molecule has 0 amide bonds. The molecular weight excluding hydrogens is 194 g/mol. The molecule has 3 nitrogen and oxygen atoms in total. The van der Waals surface area contributed by atoms with Crippen LogP contribution in [0.1, 0.15) is 36.8 Å². The monoisotopic (exact) mass is 213 g/mol. The molecule has 2 N–H and O–H groups in total. The van der Waals surface area contributed by atoms with E-state index < -0.39 is 0 Å². The summed E-state index contributed by atoms with van der Waals surface area (Å²) < 4.78 is 0. The van der Waals surface area contributed by atoms with Gasteiger partial charge in [-0.25, -0.2) is 4.98 Å². The summed E-state index contributed by atoms with van der Waals surface area (Å²) in [5, 5.41) is 1.06. The van der Waals surface area contributed by atoms with Crippen molar-refractivity contribution in [3.05, 3.63) is 10.6 Å². The Kier molecular flexibility index (Phi) is 3.89. The number of thiazole rings is 1. The first-order valence-corrected chi connectivity index (χ1v) is 5.78. The van der Waals surface area contributed by atoms with E-state index in [1.807, 2.05) is 19.0 Å². The van der Waals surface area contributed by atoms with Crippen LogP contribution in [-0.4, -0.2) is 19.1 Å². The molecule has 0 spiro atoms. The van der Waals surface area contributed by atoms with E-state index in [9.17, 15) is 0 Å². The molecule has 0 aliphatic rings. The zero-order valence-electron chi connectivity index (χ0n) is 9.37. The molecule has 0 aromatic carbocycles. The van der Waals surface area contributed by atoms with E-state index in [-0.39, 0.29) is 0 Å². The standard InChI is InChI=1S/C10H19N3S/c1-5-7(2)9-8(6-11)14-10(12-9)13(3)4/h7H,5-6,11H2,1-4H3. The van der Waals surface area contributed by atoms with E-state index in [1.54, 1.807) is 11.3 Å². The van der Waals surface area contributed by atoms with Crippen molar-refractivity contribution in [2.24, 2.45) is 5.73 Å². The fraction of sp³-hybridized carbons (Fsp3) is 0.700. The van der Waals surface area contributed by atoms with Crippen molar-refractivity contribution in [1.29, 1.82) is 0 Å². The minimum atomic E-state index is 0.512. The van der Waals surface area contributed by atoms with Crippen molar-refractivity contribution < 1.29 is 0 Å². The van der Waals surface area contributed by atoms with Crippen molar-refractivity contribution >= 4 is 16.5 Å². The predicted octanol–water partition coefficient (Wildman–Crippen LogP) is 2.18. The highest BCUT2D eigenvalue weighted by atomic mass is 32.1. The van der Waals surface area contributed by atoms with Gasteiger partial charge in [0.15, 0.2) is 5.13 Å². The maximum atomic E-state index is 5.71. The van der Waals surface area contributed by atoms with Crippen LogP contribution in [0.4, 0.5) is 5.13 Å². The molecule has 1 aromatic rings. The van der Waals surface area contributed by atoms with Gasteiger partial charge in [0.05, 0.1) is 5.69 Å². The average molecular weight is 213 g/mol. The second-order valence-corrected chi connectivity index (χ2v) is 4.77. The number of hydrogen-bond acceptors (Lipinski definition) is 4. The topological polar surface area (TPSA) is 42.2 Å². The number of rotatable bonds is 4. The van der Waals surface area contributed by atoms with E-state index >= 15 is 0 Å². The molecule has 1 unspecified atom stereocenters. The lowest BCUT2D eigenvalue weighted by atomic mass is 10.0. The fourth-order valence-electron chi connectivity index (χ4n) is 1.27. The Morgan fingerprint density at radius 3 is 2.57 bits per heavy atom. The Hall–Kier alpha value is -0.610. The van der Waals surface area contributed by atoms with E-state index in [1.165, 1.54) is 10.6 Å². The molecule has 1 rings (SSSR count). The van der Waals surface area contributed by atoms with Gasteiger partial charge in [-0.3, -0.25) is 0 Å². The van der Waals surface area contributed by atoms with Crippen LogP contribution in [-0.2, 0) is 6.54 Å². The van der Waals surface area contributed by atoms with Crippen LogP contribution in [0.5, 0.6) is 0 Å². The molecule has 0 saturated heterocycles. The Bertz CT molecular complexity index is 294. The van der Waals surface area contributed by atoms with Crippen molar-refractivity contribution in [3.8, 4) is 0 Å². The molecule has 0 saturated carbocycles. The SMILES string of the molecule is CCC(C)c1nc(N(C)C)sc1CN. The van der Waals surface area contributed by atoms with Crippen LogP contribution in [0, 0.1) is 0 Å². The summed E-state index contributed by atoms with van der Waals surface area (Å²) in [5.74, 6) is 0.512. The van der Waals surface area contributed by atoms with Crippen molar-refractivity contribution in [2.45, 2.75) is 32.7 Å². The van der Waals surface area contributed by atoms with Gasteiger partial charge in [0.25, 0.3) is 0 Å². The van der Waals surface area contributed by atoms with Crippen molar-refractivity contribution in [2.75, 3.05) is 19.0 Å². The zero-order chi connectivity index (χ0) is 10.7. The minimum Gasteiger partial charge on any atom is -0.354 e. The number of nitrogens with two attached hydrogens (primary N) is 1. The lowest BCUT2D eigenvalue weighted by Crippen LogP contribution is -2.08. The predicted molar refractivity (Wildman–Crippen MR) is 63.0 cm³/mol. The molecule has 0 fully saturated rings. The summed E-state index contributed by atoms with van der Waals surface area (Å²) in [6, 6.07) is 0. The van der Waals surface area contributed by atoms with Gasteiger partial charge >= 0.3 is 0 Å². The Balaban J connectivity index is 3.02. The summed E-state index contributed by atoms with van der Waals surface area (Å²) >= 11 is 1.70. The molecule has 0 radical (unpaired) electrons. The normalized spacial score (nSPS) is 12.9. The molecule has 80 valence electrons. The quantitative estimate of drug-likeness (QED) is 0.833. The molecule has 0 bridgehead atoms. The summed E-state index contributed by atoms with van der Waals surface area (Å²) in [6.07, 6.45) is 1.11. The summed E-state index contributed by atoms with van der Waals surface area (Å²) in [7, 11) is 4.03. The molecule has 0 aliphatic carbocycles. The van der Waals surface area contributed by atoms with E-state index in [4.69, 9.17) is 5.73 Å².